The van der Waals surface area contributed by atoms with Crippen molar-refractivity contribution in [1.29, 1.82) is 0 Å². The lowest BCUT2D eigenvalue weighted by atomic mass is 10.1. The van der Waals surface area contributed by atoms with Crippen LogP contribution >= 0.6 is 0 Å². The first-order valence-electron chi connectivity index (χ1n) is 3.96. The smallest absolute Gasteiger partial charge is 0.131 e. The van der Waals surface area contributed by atoms with Crippen molar-refractivity contribution < 1.29 is 13.2 Å². The molecule has 2 nitrogen and oxygen atoms in total. The molecule has 1 unspecified atom stereocenters. The molecule has 0 aliphatic rings. The lowest BCUT2D eigenvalue weighted by Gasteiger charge is -2.06. The van der Waals surface area contributed by atoms with Gasteiger partial charge in [0.15, 0.2) is 0 Å². The van der Waals surface area contributed by atoms with Gasteiger partial charge in [0.1, 0.15) is 5.82 Å². The van der Waals surface area contributed by atoms with Crippen LogP contribution in [0, 0.1) is 5.82 Å². The highest BCUT2D eigenvalue weighted by atomic mass is 32.2. The Labute approximate surface area is 82.7 Å². The summed E-state index contributed by atoms with van der Waals surface area (Å²) < 4.78 is 34.4. The van der Waals surface area contributed by atoms with Crippen molar-refractivity contribution in [3.8, 4) is 0 Å². The van der Waals surface area contributed by atoms with Gasteiger partial charge in [-0.15, -0.1) is 0 Å². The zero-order valence-corrected chi connectivity index (χ0v) is 7.88. The van der Waals surface area contributed by atoms with Gasteiger partial charge in [0, 0.05) is 10.3 Å². The third-order valence-electron chi connectivity index (χ3n) is 1.99. The van der Waals surface area contributed by atoms with Crippen LogP contribution in [0.5, 0.6) is 0 Å². The van der Waals surface area contributed by atoms with Crippen molar-refractivity contribution in [1.82, 2.24) is 0 Å². The Morgan fingerprint density at radius 1 is 1.21 bits per heavy atom. The van der Waals surface area contributed by atoms with Gasteiger partial charge in [0.25, 0.3) is 0 Å². The second kappa shape index (κ2) is 3.48. The molecule has 0 radical (unpaired) electrons. The van der Waals surface area contributed by atoms with Crippen molar-refractivity contribution >= 4 is 21.9 Å². The molecule has 0 aromatic heterocycles. The molecule has 14 heavy (non-hydrogen) atoms. The van der Waals surface area contributed by atoms with E-state index < -0.39 is 11.1 Å². The maximum absolute atomic E-state index is 13.2. The number of rotatable bonds is 1. The molecular weight excluding hydrogens is 203 g/mol. The Kier molecular flexibility index (Phi) is 2.31. The SMILES string of the molecule is O=S([O-])c1ccc2c(F)cccc2c1. The van der Waals surface area contributed by atoms with Gasteiger partial charge in [-0.25, -0.2) is 4.39 Å². The fourth-order valence-corrected chi connectivity index (χ4v) is 1.73. The summed E-state index contributed by atoms with van der Waals surface area (Å²) in [7, 11) is 0. The van der Waals surface area contributed by atoms with E-state index in [2.05, 4.69) is 0 Å². The van der Waals surface area contributed by atoms with Gasteiger partial charge in [0.2, 0.25) is 0 Å². The minimum absolute atomic E-state index is 0.170. The second-order valence-electron chi connectivity index (χ2n) is 2.86. The maximum atomic E-state index is 13.2. The lowest BCUT2D eigenvalue weighted by Crippen LogP contribution is -1.88. The van der Waals surface area contributed by atoms with Crippen molar-refractivity contribution in [3.63, 3.8) is 0 Å². The maximum Gasteiger partial charge on any atom is 0.131 e. The molecule has 2 aromatic rings. The van der Waals surface area contributed by atoms with Crippen LogP contribution in [-0.2, 0) is 11.1 Å². The fourth-order valence-electron chi connectivity index (χ4n) is 1.33. The van der Waals surface area contributed by atoms with E-state index in [9.17, 15) is 13.2 Å². The first-order valence-corrected chi connectivity index (χ1v) is 5.03. The zero-order chi connectivity index (χ0) is 10.1. The molecular formula is C10H6FO2S-. The van der Waals surface area contributed by atoms with Gasteiger partial charge in [-0.05, 0) is 34.7 Å². The van der Waals surface area contributed by atoms with E-state index in [-0.39, 0.29) is 10.7 Å². The molecule has 0 N–H and O–H groups in total. The fraction of sp³-hybridized carbons (Fsp3) is 0. The van der Waals surface area contributed by atoms with Crippen molar-refractivity contribution in [2.24, 2.45) is 0 Å². The van der Waals surface area contributed by atoms with Crippen LogP contribution in [0.3, 0.4) is 0 Å². The number of fused-ring (bicyclic) bond motifs is 1. The quantitative estimate of drug-likeness (QED) is 0.675. The minimum atomic E-state index is -2.26. The van der Waals surface area contributed by atoms with Crippen LogP contribution in [0.1, 0.15) is 0 Å². The number of benzene rings is 2. The Hall–Kier alpha value is -1.26. The predicted molar refractivity (Wildman–Crippen MR) is 51.1 cm³/mol. The first-order chi connectivity index (χ1) is 6.68. The van der Waals surface area contributed by atoms with E-state index in [1.54, 1.807) is 12.1 Å². The standard InChI is InChI=1S/C10H7FO2S/c11-10-3-1-2-7-6-8(14(12)13)4-5-9(7)10/h1-6H,(H,12,13)/p-1. The van der Waals surface area contributed by atoms with Gasteiger partial charge < -0.3 is 4.55 Å². The van der Waals surface area contributed by atoms with Crippen LogP contribution < -0.4 is 0 Å². The predicted octanol–water partition coefficient (Wildman–Crippen LogP) is 2.22. The molecule has 0 bridgehead atoms. The number of hydrogen-bond acceptors (Lipinski definition) is 2. The van der Waals surface area contributed by atoms with Gasteiger partial charge in [-0.3, -0.25) is 4.21 Å². The minimum Gasteiger partial charge on any atom is -0.768 e. The molecule has 0 spiro atoms. The molecule has 0 fully saturated rings. The molecule has 1 atom stereocenters. The Morgan fingerprint density at radius 2 is 2.00 bits per heavy atom. The normalized spacial score (nSPS) is 13.0. The summed E-state index contributed by atoms with van der Waals surface area (Å²) in [5.41, 5.74) is 0. The summed E-state index contributed by atoms with van der Waals surface area (Å²) in [6.45, 7) is 0. The van der Waals surface area contributed by atoms with Gasteiger partial charge >= 0.3 is 0 Å². The van der Waals surface area contributed by atoms with E-state index in [0.29, 0.717) is 10.8 Å². The summed E-state index contributed by atoms with van der Waals surface area (Å²) in [5.74, 6) is -0.342. The monoisotopic (exact) mass is 209 g/mol. The van der Waals surface area contributed by atoms with Crippen LogP contribution in [0.25, 0.3) is 10.8 Å². The molecule has 2 rings (SSSR count). The Balaban J connectivity index is 2.73. The van der Waals surface area contributed by atoms with Crippen molar-refractivity contribution in [2.75, 3.05) is 0 Å². The van der Waals surface area contributed by atoms with E-state index in [1.165, 1.54) is 24.3 Å². The van der Waals surface area contributed by atoms with Crippen LogP contribution in [0.15, 0.2) is 41.3 Å². The van der Waals surface area contributed by atoms with Crippen molar-refractivity contribution in [3.05, 3.63) is 42.2 Å². The van der Waals surface area contributed by atoms with Gasteiger partial charge in [0.05, 0.1) is 0 Å². The highest BCUT2D eigenvalue weighted by Crippen LogP contribution is 2.20. The lowest BCUT2D eigenvalue weighted by molar-refractivity contribution is 0.537. The molecule has 0 saturated heterocycles. The molecule has 0 aliphatic heterocycles. The number of hydrogen-bond donors (Lipinski definition) is 0. The molecule has 4 heteroatoms. The van der Waals surface area contributed by atoms with E-state index >= 15 is 0 Å². The highest BCUT2D eigenvalue weighted by Gasteiger charge is 2.00. The number of halogens is 1. The van der Waals surface area contributed by atoms with E-state index in [1.807, 2.05) is 0 Å². The Morgan fingerprint density at radius 3 is 2.71 bits per heavy atom. The highest BCUT2D eigenvalue weighted by molar-refractivity contribution is 7.79. The molecule has 0 aliphatic carbocycles. The second-order valence-corrected chi connectivity index (χ2v) is 3.80. The summed E-state index contributed by atoms with van der Waals surface area (Å²) in [4.78, 5) is 0.170. The van der Waals surface area contributed by atoms with Gasteiger partial charge in [-0.1, -0.05) is 18.2 Å². The van der Waals surface area contributed by atoms with Crippen molar-refractivity contribution in [2.45, 2.75) is 4.90 Å². The van der Waals surface area contributed by atoms with Crippen LogP contribution in [0.2, 0.25) is 0 Å². The molecule has 0 amide bonds. The summed E-state index contributed by atoms with van der Waals surface area (Å²) >= 11 is -2.26. The zero-order valence-electron chi connectivity index (χ0n) is 7.07. The molecule has 0 heterocycles. The molecule has 2 aromatic carbocycles. The third-order valence-corrected chi connectivity index (χ3v) is 2.63. The summed E-state index contributed by atoms with van der Waals surface area (Å²) in [6, 6.07) is 8.87. The topological polar surface area (TPSA) is 40.1 Å². The third kappa shape index (κ3) is 1.54. The first kappa shape index (κ1) is 9.30. The Bertz CT molecular complexity index is 510. The largest absolute Gasteiger partial charge is 0.768 e. The average molecular weight is 209 g/mol. The summed E-state index contributed by atoms with van der Waals surface area (Å²) in [6.07, 6.45) is 0. The van der Waals surface area contributed by atoms with E-state index in [4.69, 9.17) is 0 Å². The van der Waals surface area contributed by atoms with Crippen LogP contribution in [-0.4, -0.2) is 8.76 Å². The van der Waals surface area contributed by atoms with E-state index in [0.717, 1.165) is 0 Å². The van der Waals surface area contributed by atoms with Crippen LogP contribution in [0.4, 0.5) is 4.39 Å². The van der Waals surface area contributed by atoms with Gasteiger partial charge in [-0.2, -0.15) is 0 Å². The summed E-state index contributed by atoms with van der Waals surface area (Å²) in [5, 5.41) is 1.02. The average Bonchev–Trinajstić information content (AvgIpc) is 2.17. The molecule has 0 saturated carbocycles. The molecule has 72 valence electrons.